The second-order valence-electron chi connectivity index (χ2n) is 16.9. The molecule has 0 unspecified atom stereocenters. The first-order valence-corrected chi connectivity index (χ1v) is 25.2. The fraction of sp³-hybridized carbons (Fsp3) is 0.527. The number of hydrogen-bond donors (Lipinski definition) is 2. The molecule has 1 aromatic heterocycles. The van der Waals surface area contributed by atoms with Crippen LogP contribution in [0.25, 0.3) is 11.3 Å². The lowest BCUT2D eigenvalue weighted by molar-refractivity contribution is -0.0198. The van der Waals surface area contributed by atoms with Crippen LogP contribution in [0.2, 0.25) is 0 Å². The molecule has 0 fully saturated rings. The number of benzene rings is 3. The summed E-state index contributed by atoms with van der Waals surface area (Å²) in [4.78, 5) is 49.7. The van der Waals surface area contributed by atoms with Gasteiger partial charge in [-0.1, -0.05) is 30.3 Å². The van der Waals surface area contributed by atoms with Gasteiger partial charge in [-0.15, -0.1) is 0 Å². The zero-order valence-electron chi connectivity index (χ0n) is 43.4. The Balaban J connectivity index is 0.000000987. The van der Waals surface area contributed by atoms with E-state index in [2.05, 4.69) is 58.2 Å². The molecule has 0 spiro atoms. The number of likely N-dealkylation sites (N-methyl/N-ethyl adjacent to an activating group) is 1. The number of aryl methyl sites for hydroxylation is 2. The van der Waals surface area contributed by atoms with E-state index in [4.69, 9.17) is 43.6 Å². The van der Waals surface area contributed by atoms with Crippen LogP contribution in [0.4, 0.5) is 11.4 Å². The van der Waals surface area contributed by atoms with Crippen LogP contribution in [0, 0.1) is 0 Å². The van der Waals surface area contributed by atoms with E-state index < -0.39 is 11.8 Å². The lowest BCUT2D eigenvalue weighted by atomic mass is 9.92. The Morgan fingerprint density at radius 1 is 0.583 bits per heavy atom. The Labute approximate surface area is 427 Å². The summed E-state index contributed by atoms with van der Waals surface area (Å²) >= 11 is 0. The number of nitrogens with one attached hydrogen (secondary N) is 1. The fourth-order valence-corrected chi connectivity index (χ4v) is 7.74. The first kappa shape index (κ1) is 59.2. The van der Waals surface area contributed by atoms with Gasteiger partial charge in [0, 0.05) is 94.7 Å². The van der Waals surface area contributed by atoms with Crippen molar-refractivity contribution in [3.05, 3.63) is 113 Å². The third-order valence-electron chi connectivity index (χ3n) is 11.9. The van der Waals surface area contributed by atoms with E-state index in [-0.39, 0.29) is 5.91 Å². The van der Waals surface area contributed by atoms with Gasteiger partial charge in [-0.05, 0) is 99.2 Å². The summed E-state index contributed by atoms with van der Waals surface area (Å²) in [5.41, 5.74) is 12.3. The summed E-state index contributed by atoms with van der Waals surface area (Å²) in [5, 5.41) is 3.00. The van der Waals surface area contributed by atoms with Crippen LogP contribution >= 0.6 is 0 Å². The minimum Gasteiger partial charge on any atom is -0.383 e. The number of hydrogen-bond acceptors (Lipinski definition) is 14. The normalized spacial score (nSPS) is 12.0. The molecule has 17 heteroatoms. The van der Waals surface area contributed by atoms with E-state index >= 15 is 0 Å². The highest BCUT2D eigenvalue weighted by atomic mass is 16.6. The molecule has 4 aromatic rings. The summed E-state index contributed by atoms with van der Waals surface area (Å²) in [5.74, 6) is -1.19. The minimum absolute atomic E-state index is 0.214. The molecule has 17 nitrogen and oxygen atoms in total. The number of carbonyl (C=O) groups excluding carboxylic acids is 3. The molecule has 3 amide bonds. The zero-order valence-corrected chi connectivity index (χ0v) is 43.4. The zero-order chi connectivity index (χ0) is 51.6. The summed E-state index contributed by atoms with van der Waals surface area (Å²) < 4.78 is 43.4. The van der Waals surface area contributed by atoms with Crippen molar-refractivity contribution >= 4 is 29.1 Å². The molecule has 0 bridgehead atoms. The largest absolute Gasteiger partial charge is 0.383 e. The van der Waals surface area contributed by atoms with E-state index in [1.807, 2.05) is 18.2 Å². The maximum absolute atomic E-state index is 13.7. The molecule has 0 atom stereocenters. The van der Waals surface area contributed by atoms with Crippen LogP contribution in [-0.4, -0.2) is 186 Å². The number of primary amides is 1. The summed E-state index contributed by atoms with van der Waals surface area (Å²) in [6, 6.07) is 24.3. The average molecular weight is 1000 g/mol. The van der Waals surface area contributed by atoms with Crippen molar-refractivity contribution in [2.24, 2.45) is 5.73 Å². The molecular weight excluding hydrogens is 921 g/mol. The van der Waals surface area contributed by atoms with Crippen molar-refractivity contribution in [2.45, 2.75) is 39.5 Å². The van der Waals surface area contributed by atoms with Gasteiger partial charge in [0.2, 0.25) is 5.91 Å². The Morgan fingerprint density at radius 2 is 1.12 bits per heavy atom. The van der Waals surface area contributed by atoms with E-state index in [0.717, 1.165) is 18.8 Å². The number of nitrogens with two attached hydrogens (primary N) is 1. The number of anilines is 2. The van der Waals surface area contributed by atoms with E-state index in [1.165, 1.54) is 31.9 Å². The minimum atomic E-state index is -0.577. The molecule has 3 N–H and O–H groups in total. The average Bonchev–Trinajstić information content (AvgIpc) is 3.41. The highest BCUT2D eigenvalue weighted by Crippen LogP contribution is 2.32. The predicted octanol–water partition coefficient (Wildman–Crippen LogP) is 6.28. The third-order valence-corrected chi connectivity index (χ3v) is 11.9. The van der Waals surface area contributed by atoms with Crippen LogP contribution in [0.3, 0.4) is 0 Å². The Morgan fingerprint density at radius 3 is 1.68 bits per heavy atom. The predicted molar refractivity (Wildman–Crippen MR) is 281 cm³/mol. The maximum Gasteiger partial charge on any atom is 0.255 e. The van der Waals surface area contributed by atoms with Crippen molar-refractivity contribution < 1.29 is 52.3 Å². The van der Waals surface area contributed by atoms with Gasteiger partial charge in [-0.2, -0.15) is 0 Å². The molecular formula is C55H80N6O11. The molecule has 1 aliphatic carbocycles. The number of methoxy groups -OCH3 is 2. The second-order valence-corrected chi connectivity index (χ2v) is 16.9. The molecule has 5 rings (SSSR count). The van der Waals surface area contributed by atoms with Gasteiger partial charge >= 0.3 is 0 Å². The number of amides is 3. The number of fused-ring (bicyclic) bond motifs is 1. The van der Waals surface area contributed by atoms with Gasteiger partial charge in [-0.3, -0.25) is 24.3 Å². The number of pyridine rings is 1. The molecule has 0 aliphatic heterocycles. The molecule has 0 saturated carbocycles. The number of carbonyl (C=O) groups is 3. The standard InChI is InChI=1S/C45H68N6O11.C10H12/c1-6-51(7-2)39-11-12-41(40(35-39)42-34-36(43(46)52)13-14-47-42)48-44(53)37-9-8-10-38(33-37)45(54)49(3)15-16-50(17-19-55-4)18-20-57-23-24-59-27-28-61-31-32-62-30-29-60-26-25-58-22-21-56-5;1-2-6-10-8-4-3-7-9(10)5-1/h8-14,33-35H,6-7,15-32H2,1-5H3,(H2,46,52)(H,48,53);1-2,5-6H,3-4,7-8H2. The highest BCUT2D eigenvalue weighted by molar-refractivity contribution is 6.08. The molecule has 3 aromatic carbocycles. The fourth-order valence-electron chi connectivity index (χ4n) is 7.74. The molecule has 0 saturated heterocycles. The number of aromatic nitrogens is 1. The van der Waals surface area contributed by atoms with Crippen LogP contribution in [-0.2, 0) is 50.7 Å². The highest BCUT2D eigenvalue weighted by Gasteiger charge is 2.19. The Bertz CT molecular complexity index is 2130. The van der Waals surface area contributed by atoms with Gasteiger partial charge in [0.15, 0.2) is 0 Å². The van der Waals surface area contributed by atoms with Crippen molar-refractivity contribution in [3.8, 4) is 11.3 Å². The second kappa shape index (κ2) is 35.7. The maximum atomic E-state index is 13.7. The van der Waals surface area contributed by atoms with Crippen molar-refractivity contribution in [1.82, 2.24) is 14.8 Å². The third kappa shape index (κ3) is 22.2. The van der Waals surface area contributed by atoms with Gasteiger partial charge in [0.25, 0.3) is 11.8 Å². The van der Waals surface area contributed by atoms with Crippen LogP contribution in [0.1, 0.15) is 68.9 Å². The van der Waals surface area contributed by atoms with E-state index in [1.54, 1.807) is 73.7 Å². The summed E-state index contributed by atoms with van der Waals surface area (Å²) in [6.45, 7) is 15.1. The first-order valence-electron chi connectivity index (χ1n) is 25.2. The van der Waals surface area contributed by atoms with Crippen molar-refractivity contribution in [2.75, 3.05) is 163 Å². The molecule has 1 aliphatic rings. The smallest absolute Gasteiger partial charge is 0.255 e. The number of rotatable bonds is 35. The monoisotopic (exact) mass is 1000 g/mol. The molecule has 396 valence electrons. The SMILES string of the molecule is CCN(CC)c1ccc(NC(=O)c2cccc(C(=O)N(C)CCN(CCOC)CCOCCOCCOCCOCCOCCOCCOC)c2)c(-c2cc(C(N)=O)ccn2)c1.c1ccc2c(c1)CCCC2. The lowest BCUT2D eigenvalue weighted by Crippen LogP contribution is -2.39. The first-order chi connectivity index (χ1) is 35.2. The van der Waals surface area contributed by atoms with Gasteiger partial charge < -0.3 is 58.7 Å². The van der Waals surface area contributed by atoms with Gasteiger partial charge in [0.05, 0.1) is 104 Å². The van der Waals surface area contributed by atoms with Crippen LogP contribution in [0.5, 0.6) is 0 Å². The Kier molecular flexibility index (Phi) is 29.4. The Hall–Kier alpha value is -5.34. The lowest BCUT2D eigenvalue weighted by Gasteiger charge is -2.25. The van der Waals surface area contributed by atoms with Crippen LogP contribution in [0.15, 0.2) is 85.1 Å². The quantitative estimate of drug-likeness (QED) is 0.0491. The van der Waals surface area contributed by atoms with Gasteiger partial charge in [-0.25, -0.2) is 0 Å². The van der Waals surface area contributed by atoms with Crippen LogP contribution < -0.4 is 16.0 Å². The molecule has 0 radical (unpaired) electrons. The summed E-state index contributed by atoms with van der Waals surface area (Å²) in [6.07, 6.45) is 6.89. The van der Waals surface area contributed by atoms with E-state index in [9.17, 15) is 14.4 Å². The molecule has 1 heterocycles. The summed E-state index contributed by atoms with van der Waals surface area (Å²) in [7, 11) is 5.03. The van der Waals surface area contributed by atoms with E-state index in [0.29, 0.717) is 152 Å². The topological polar surface area (TPSA) is 186 Å². The number of ether oxygens (including phenoxy) is 8. The van der Waals surface area contributed by atoms with Crippen molar-refractivity contribution in [3.63, 3.8) is 0 Å². The molecule has 72 heavy (non-hydrogen) atoms. The van der Waals surface area contributed by atoms with Gasteiger partial charge in [0.1, 0.15) is 0 Å². The number of nitrogens with zero attached hydrogens (tertiary/aromatic N) is 4. The van der Waals surface area contributed by atoms with Crippen molar-refractivity contribution in [1.29, 1.82) is 0 Å².